The normalized spacial score (nSPS) is 12.1. The second-order valence-corrected chi connectivity index (χ2v) is 10.4. The number of anilines is 1. The van der Waals surface area contributed by atoms with Crippen LogP contribution in [-0.2, 0) is 26.2 Å². The summed E-state index contributed by atoms with van der Waals surface area (Å²) >= 11 is 12.2. The van der Waals surface area contributed by atoms with Gasteiger partial charge in [0.05, 0.1) is 19.1 Å². The third-order valence-electron chi connectivity index (χ3n) is 5.28. The molecule has 0 bridgehead atoms. The number of hydrogen-bond donors (Lipinski definition) is 1. The highest BCUT2D eigenvalue weighted by Gasteiger charge is 2.27. The first-order valence-electron chi connectivity index (χ1n) is 10.5. The van der Waals surface area contributed by atoms with Gasteiger partial charge in [-0.1, -0.05) is 41.4 Å². The average molecular weight is 530 g/mol. The Morgan fingerprint density at radius 3 is 2.41 bits per heavy atom. The minimum absolute atomic E-state index is 0.0215. The van der Waals surface area contributed by atoms with Crippen molar-refractivity contribution in [3.8, 4) is 5.75 Å². The molecule has 1 atom stereocenters. The lowest BCUT2D eigenvalue weighted by Gasteiger charge is -2.29. The molecule has 0 fully saturated rings. The molecule has 0 aromatic heterocycles. The number of halogens is 2. The molecule has 11 heteroatoms. The van der Waals surface area contributed by atoms with E-state index in [2.05, 4.69) is 5.32 Å². The summed E-state index contributed by atoms with van der Waals surface area (Å²) in [5.41, 5.74) is 1.03. The number of likely N-dealkylation sites (N-methyl/N-ethyl adjacent to an activating group) is 1. The second-order valence-electron chi connectivity index (χ2n) is 7.66. The van der Waals surface area contributed by atoms with Gasteiger partial charge in [-0.3, -0.25) is 13.9 Å². The maximum absolute atomic E-state index is 13.2. The predicted octanol–water partition coefficient (Wildman–Crippen LogP) is 3.71. The topological polar surface area (TPSA) is 96.0 Å². The Bertz CT molecular complexity index is 1130. The molecular weight excluding hydrogens is 501 g/mol. The Balaban J connectivity index is 2.21. The van der Waals surface area contributed by atoms with E-state index < -0.39 is 16.1 Å². The molecule has 0 radical (unpaired) electrons. The molecule has 1 N–H and O–H groups in total. The molecule has 0 aliphatic heterocycles. The standard InChI is InChI=1S/C23H29Cl2N3O5S/c1-16(23(30)26-2)27(15-17-11-12-18(24)14-19(17)25)22(29)10-7-13-28(34(4,31)32)20-8-5-6-9-21(20)33-3/h5-6,8-9,11-12,14,16H,7,10,13,15H2,1-4H3,(H,26,30)/t16-/m1/s1. The maximum atomic E-state index is 13.2. The molecule has 2 aromatic rings. The highest BCUT2D eigenvalue weighted by atomic mass is 35.5. The Labute approximate surface area is 210 Å². The van der Waals surface area contributed by atoms with Crippen LogP contribution < -0.4 is 14.4 Å². The van der Waals surface area contributed by atoms with Crippen molar-refractivity contribution in [3.63, 3.8) is 0 Å². The van der Waals surface area contributed by atoms with E-state index in [0.29, 0.717) is 27.0 Å². The summed E-state index contributed by atoms with van der Waals surface area (Å²) in [4.78, 5) is 26.9. The van der Waals surface area contributed by atoms with E-state index in [1.54, 1.807) is 49.4 Å². The van der Waals surface area contributed by atoms with Gasteiger partial charge in [0, 0.05) is 36.6 Å². The number of benzene rings is 2. The molecule has 0 aliphatic rings. The number of methoxy groups -OCH3 is 1. The Kier molecular flexibility index (Phi) is 10.0. The first kappa shape index (κ1) is 27.8. The maximum Gasteiger partial charge on any atom is 0.242 e. The molecule has 8 nitrogen and oxygen atoms in total. The van der Waals surface area contributed by atoms with Crippen LogP contribution in [0.3, 0.4) is 0 Å². The fourth-order valence-corrected chi connectivity index (χ4v) is 4.88. The minimum Gasteiger partial charge on any atom is -0.495 e. The van der Waals surface area contributed by atoms with E-state index in [1.807, 2.05) is 0 Å². The van der Waals surface area contributed by atoms with Crippen molar-refractivity contribution in [1.82, 2.24) is 10.2 Å². The molecule has 186 valence electrons. The number of sulfonamides is 1. The zero-order valence-corrected chi connectivity index (χ0v) is 21.9. The largest absolute Gasteiger partial charge is 0.495 e. The molecule has 0 spiro atoms. The number of para-hydroxylation sites is 2. The Hall–Kier alpha value is -2.49. The molecule has 0 unspecified atom stereocenters. The molecule has 2 aromatic carbocycles. The zero-order chi connectivity index (χ0) is 25.5. The van der Waals surface area contributed by atoms with E-state index in [1.165, 1.54) is 23.4 Å². The monoisotopic (exact) mass is 529 g/mol. The van der Waals surface area contributed by atoms with Crippen LogP contribution in [0.2, 0.25) is 10.0 Å². The van der Waals surface area contributed by atoms with Gasteiger partial charge in [0.2, 0.25) is 21.8 Å². The average Bonchev–Trinajstić information content (AvgIpc) is 2.79. The molecule has 0 saturated carbocycles. The van der Waals surface area contributed by atoms with Crippen LogP contribution in [0.5, 0.6) is 5.75 Å². The number of nitrogens with one attached hydrogen (secondary N) is 1. The van der Waals surface area contributed by atoms with Gasteiger partial charge in [-0.05, 0) is 43.2 Å². The van der Waals surface area contributed by atoms with E-state index >= 15 is 0 Å². The minimum atomic E-state index is -3.63. The summed E-state index contributed by atoms with van der Waals surface area (Å²) < 4.78 is 31.4. The molecule has 0 saturated heterocycles. The van der Waals surface area contributed by atoms with Gasteiger partial charge in [-0.2, -0.15) is 0 Å². The highest BCUT2D eigenvalue weighted by molar-refractivity contribution is 7.92. The number of nitrogens with zero attached hydrogens (tertiary/aromatic N) is 2. The first-order chi connectivity index (χ1) is 16.0. The zero-order valence-electron chi connectivity index (χ0n) is 19.5. The van der Waals surface area contributed by atoms with E-state index in [0.717, 1.165) is 6.26 Å². The lowest BCUT2D eigenvalue weighted by atomic mass is 10.1. The number of amides is 2. The van der Waals surface area contributed by atoms with Crippen molar-refractivity contribution in [2.75, 3.05) is 31.3 Å². The lowest BCUT2D eigenvalue weighted by Crippen LogP contribution is -2.46. The summed E-state index contributed by atoms with van der Waals surface area (Å²) in [6, 6.07) is 10.9. The second kappa shape index (κ2) is 12.3. The van der Waals surface area contributed by atoms with Crippen LogP contribution >= 0.6 is 23.2 Å². The number of carbonyl (C=O) groups is 2. The number of carbonyl (C=O) groups excluding carboxylic acids is 2. The van der Waals surface area contributed by atoms with Crippen molar-refractivity contribution < 1.29 is 22.7 Å². The van der Waals surface area contributed by atoms with Gasteiger partial charge in [-0.15, -0.1) is 0 Å². The van der Waals surface area contributed by atoms with Crippen molar-refractivity contribution in [2.24, 2.45) is 0 Å². The van der Waals surface area contributed by atoms with Gasteiger partial charge in [0.15, 0.2) is 0 Å². The molecule has 0 aliphatic carbocycles. The van der Waals surface area contributed by atoms with Crippen LogP contribution in [-0.4, -0.2) is 58.1 Å². The lowest BCUT2D eigenvalue weighted by molar-refractivity contribution is -0.140. The van der Waals surface area contributed by atoms with Crippen molar-refractivity contribution in [3.05, 3.63) is 58.1 Å². The van der Waals surface area contributed by atoms with Gasteiger partial charge in [0.1, 0.15) is 11.8 Å². The van der Waals surface area contributed by atoms with Gasteiger partial charge >= 0.3 is 0 Å². The first-order valence-corrected chi connectivity index (χ1v) is 13.2. The predicted molar refractivity (Wildman–Crippen MR) is 135 cm³/mol. The molecule has 2 rings (SSSR count). The van der Waals surface area contributed by atoms with Crippen molar-refractivity contribution in [1.29, 1.82) is 0 Å². The third kappa shape index (κ3) is 7.25. The van der Waals surface area contributed by atoms with Crippen LogP contribution in [0, 0.1) is 0 Å². The van der Waals surface area contributed by atoms with Crippen LogP contribution in [0.1, 0.15) is 25.3 Å². The number of ether oxygens (including phenoxy) is 1. The molecule has 34 heavy (non-hydrogen) atoms. The fraction of sp³-hybridized carbons (Fsp3) is 0.391. The quantitative estimate of drug-likeness (QED) is 0.478. The van der Waals surface area contributed by atoms with Crippen LogP contribution in [0.15, 0.2) is 42.5 Å². The summed E-state index contributed by atoms with van der Waals surface area (Å²) in [5, 5.41) is 3.39. The van der Waals surface area contributed by atoms with Crippen LogP contribution in [0.4, 0.5) is 5.69 Å². The summed E-state index contributed by atoms with van der Waals surface area (Å²) in [7, 11) is -0.671. The Morgan fingerprint density at radius 2 is 1.82 bits per heavy atom. The van der Waals surface area contributed by atoms with E-state index in [-0.39, 0.29) is 37.7 Å². The summed E-state index contributed by atoms with van der Waals surface area (Å²) in [6.45, 7) is 1.79. The Morgan fingerprint density at radius 1 is 1.15 bits per heavy atom. The summed E-state index contributed by atoms with van der Waals surface area (Å²) in [6.07, 6.45) is 1.35. The third-order valence-corrected chi connectivity index (χ3v) is 7.04. The van der Waals surface area contributed by atoms with Crippen molar-refractivity contribution in [2.45, 2.75) is 32.4 Å². The van der Waals surface area contributed by atoms with Crippen molar-refractivity contribution >= 4 is 50.7 Å². The number of hydrogen-bond acceptors (Lipinski definition) is 5. The fourth-order valence-electron chi connectivity index (χ4n) is 3.44. The summed E-state index contributed by atoms with van der Waals surface area (Å²) in [5.74, 6) is -0.229. The smallest absolute Gasteiger partial charge is 0.242 e. The molecule has 2 amide bonds. The van der Waals surface area contributed by atoms with Crippen LogP contribution in [0.25, 0.3) is 0 Å². The SMILES string of the molecule is CNC(=O)[C@@H](C)N(Cc1ccc(Cl)cc1Cl)C(=O)CCCN(c1ccccc1OC)S(C)(=O)=O. The molecular formula is C23H29Cl2N3O5S. The van der Waals surface area contributed by atoms with Gasteiger partial charge in [-0.25, -0.2) is 8.42 Å². The van der Waals surface area contributed by atoms with E-state index in [9.17, 15) is 18.0 Å². The van der Waals surface area contributed by atoms with Gasteiger partial charge < -0.3 is 15.0 Å². The van der Waals surface area contributed by atoms with Gasteiger partial charge in [0.25, 0.3) is 0 Å². The molecule has 0 heterocycles. The number of rotatable bonds is 11. The van der Waals surface area contributed by atoms with E-state index in [4.69, 9.17) is 27.9 Å². The highest BCUT2D eigenvalue weighted by Crippen LogP contribution is 2.30.